The van der Waals surface area contributed by atoms with Crippen molar-refractivity contribution in [1.82, 2.24) is 0 Å². The van der Waals surface area contributed by atoms with Gasteiger partial charge in [-0.2, -0.15) is 0 Å². The number of esters is 1. The summed E-state index contributed by atoms with van der Waals surface area (Å²) in [6.07, 6.45) is 0.610. The van der Waals surface area contributed by atoms with Gasteiger partial charge < -0.3 is 14.9 Å². The molecule has 0 saturated heterocycles. The van der Waals surface area contributed by atoms with E-state index in [2.05, 4.69) is 0 Å². The Bertz CT molecular complexity index is 742. The predicted octanol–water partition coefficient (Wildman–Crippen LogP) is 1.32. The van der Waals surface area contributed by atoms with Gasteiger partial charge in [0.15, 0.2) is 0 Å². The van der Waals surface area contributed by atoms with Crippen LogP contribution in [0.5, 0.6) is 0 Å². The maximum absolute atomic E-state index is 12.3. The van der Waals surface area contributed by atoms with Crippen molar-refractivity contribution < 1.29 is 34.3 Å². The summed E-state index contributed by atoms with van der Waals surface area (Å²) in [6, 6.07) is 4.62. The molecule has 0 aliphatic heterocycles. The molecule has 0 spiro atoms. The number of benzene rings is 1. The molecular weight excluding hydrogens is 322 g/mol. The van der Waals surface area contributed by atoms with E-state index >= 15 is 0 Å². The minimum absolute atomic E-state index is 0.000743. The van der Waals surface area contributed by atoms with E-state index in [0.29, 0.717) is 6.42 Å². The molecule has 4 unspecified atom stereocenters. The third-order valence-corrected chi connectivity index (χ3v) is 4.82. The van der Waals surface area contributed by atoms with Crippen LogP contribution in [0.2, 0.25) is 0 Å². The molecule has 1 aromatic carbocycles. The van der Waals surface area contributed by atoms with Crippen LogP contribution in [-0.2, 0) is 14.3 Å². The van der Waals surface area contributed by atoms with Crippen LogP contribution in [0, 0.1) is 27.9 Å². The number of nitro benzene ring substituents is 1. The Morgan fingerprint density at radius 1 is 1.12 bits per heavy atom. The topological polar surface area (TPSA) is 144 Å². The van der Waals surface area contributed by atoms with Gasteiger partial charge in [0, 0.05) is 18.1 Å². The summed E-state index contributed by atoms with van der Waals surface area (Å²) < 4.78 is 5.34. The van der Waals surface area contributed by atoms with Gasteiger partial charge >= 0.3 is 17.9 Å². The average molecular weight is 335 g/mol. The van der Waals surface area contributed by atoms with Gasteiger partial charge in [-0.3, -0.25) is 19.7 Å². The summed E-state index contributed by atoms with van der Waals surface area (Å²) in [5, 5.41) is 29.2. The van der Waals surface area contributed by atoms with Crippen LogP contribution in [0.25, 0.3) is 0 Å². The molecule has 0 amide bonds. The summed E-state index contributed by atoms with van der Waals surface area (Å²) in [5.41, 5.74) is -1.74. The Balaban J connectivity index is 1.85. The highest BCUT2D eigenvalue weighted by atomic mass is 16.6. The van der Waals surface area contributed by atoms with E-state index in [-0.39, 0.29) is 17.7 Å². The molecule has 126 valence electrons. The standard InChI is InChI=1S/C15H13NO8/c17-12(18)10-6-5-9-11(13(19)20)15(9,10)24-14(21)7-1-3-8(4-2-7)16(22)23/h1-4,9-11H,5-6H2,(H,17,18)(H,19,20). The van der Waals surface area contributed by atoms with Crippen LogP contribution in [0.3, 0.4) is 0 Å². The lowest BCUT2D eigenvalue weighted by molar-refractivity contribution is -0.384. The second-order valence-electron chi connectivity index (χ2n) is 5.94. The lowest BCUT2D eigenvalue weighted by Crippen LogP contribution is -2.36. The predicted molar refractivity (Wildman–Crippen MR) is 76.2 cm³/mol. The van der Waals surface area contributed by atoms with E-state index in [1.54, 1.807) is 0 Å². The number of nitrogens with zero attached hydrogens (tertiary/aromatic N) is 1. The molecule has 2 N–H and O–H groups in total. The minimum atomic E-state index is -1.53. The molecule has 0 heterocycles. The van der Waals surface area contributed by atoms with Gasteiger partial charge in [-0.05, 0) is 25.0 Å². The first-order valence-electron chi connectivity index (χ1n) is 7.22. The SMILES string of the molecule is O=C(OC12C(C(=O)O)CCC1C2C(=O)O)c1ccc([N+](=O)[O-])cc1. The van der Waals surface area contributed by atoms with Crippen LogP contribution in [-0.4, -0.2) is 38.6 Å². The second-order valence-corrected chi connectivity index (χ2v) is 5.94. The Morgan fingerprint density at radius 2 is 1.75 bits per heavy atom. The van der Waals surface area contributed by atoms with Crippen LogP contribution in [0.1, 0.15) is 23.2 Å². The largest absolute Gasteiger partial charge is 0.481 e. The Hall–Kier alpha value is -2.97. The van der Waals surface area contributed by atoms with Crippen LogP contribution >= 0.6 is 0 Å². The van der Waals surface area contributed by atoms with Crippen molar-refractivity contribution in [1.29, 1.82) is 0 Å². The van der Waals surface area contributed by atoms with Crippen molar-refractivity contribution in [2.45, 2.75) is 18.4 Å². The number of hydrogen-bond donors (Lipinski definition) is 2. The highest BCUT2D eigenvalue weighted by Gasteiger charge is 2.79. The molecule has 2 aliphatic carbocycles. The average Bonchev–Trinajstić information content (AvgIpc) is 3.00. The molecule has 2 aliphatic rings. The number of carbonyl (C=O) groups excluding carboxylic acids is 1. The fourth-order valence-electron chi connectivity index (χ4n) is 3.73. The molecule has 0 bridgehead atoms. The molecule has 9 nitrogen and oxygen atoms in total. The molecule has 1 aromatic rings. The summed E-state index contributed by atoms with van der Waals surface area (Å²) in [6.45, 7) is 0. The van der Waals surface area contributed by atoms with Crippen molar-refractivity contribution >= 4 is 23.6 Å². The number of ether oxygens (including phenoxy) is 1. The zero-order valence-corrected chi connectivity index (χ0v) is 12.2. The molecule has 2 saturated carbocycles. The summed E-state index contributed by atoms with van der Waals surface area (Å²) in [7, 11) is 0. The Labute approximate surface area is 135 Å². The van der Waals surface area contributed by atoms with Gasteiger partial charge in [-0.25, -0.2) is 4.79 Å². The van der Waals surface area contributed by atoms with Gasteiger partial charge in [0.2, 0.25) is 0 Å². The number of hydrogen-bond acceptors (Lipinski definition) is 6. The van der Waals surface area contributed by atoms with Crippen LogP contribution < -0.4 is 0 Å². The van der Waals surface area contributed by atoms with E-state index in [1.165, 1.54) is 12.1 Å². The molecule has 9 heteroatoms. The molecule has 0 aromatic heterocycles. The van der Waals surface area contributed by atoms with Gasteiger partial charge in [-0.15, -0.1) is 0 Å². The first-order chi connectivity index (χ1) is 11.3. The van der Waals surface area contributed by atoms with Crippen molar-refractivity contribution in [3.05, 3.63) is 39.9 Å². The molecule has 3 rings (SSSR count). The quantitative estimate of drug-likeness (QED) is 0.465. The van der Waals surface area contributed by atoms with E-state index in [9.17, 15) is 34.7 Å². The maximum Gasteiger partial charge on any atom is 0.338 e. The normalized spacial score (nSPS) is 30.2. The molecule has 0 radical (unpaired) electrons. The number of non-ortho nitro benzene ring substituents is 1. The number of rotatable bonds is 5. The van der Waals surface area contributed by atoms with Crippen molar-refractivity contribution in [3.8, 4) is 0 Å². The molecule has 2 fully saturated rings. The number of carboxylic acid groups (broad SMARTS) is 2. The van der Waals surface area contributed by atoms with E-state index in [0.717, 1.165) is 12.1 Å². The Kier molecular flexibility index (Phi) is 3.51. The van der Waals surface area contributed by atoms with Gasteiger partial charge in [0.25, 0.3) is 5.69 Å². The summed E-state index contributed by atoms with van der Waals surface area (Å²) in [4.78, 5) is 45.0. The number of aliphatic carboxylic acids is 2. The van der Waals surface area contributed by atoms with Crippen LogP contribution in [0.15, 0.2) is 24.3 Å². The summed E-state index contributed by atoms with van der Waals surface area (Å²) in [5.74, 6) is -5.88. The summed E-state index contributed by atoms with van der Waals surface area (Å²) >= 11 is 0. The number of carboxylic acids is 2. The minimum Gasteiger partial charge on any atom is -0.481 e. The number of nitro groups is 1. The fraction of sp³-hybridized carbons (Fsp3) is 0.400. The number of carbonyl (C=O) groups is 3. The zero-order valence-electron chi connectivity index (χ0n) is 12.2. The highest BCUT2D eigenvalue weighted by molar-refractivity contribution is 5.92. The zero-order chi connectivity index (χ0) is 17.6. The fourth-order valence-corrected chi connectivity index (χ4v) is 3.73. The monoisotopic (exact) mass is 335 g/mol. The second kappa shape index (κ2) is 5.29. The molecule has 4 atom stereocenters. The van der Waals surface area contributed by atoms with Crippen molar-refractivity contribution in [3.63, 3.8) is 0 Å². The van der Waals surface area contributed by atoms with Gasteiger partial charge in [0.05, 0.1) is 16.4 Å². The third-order valence-electron chi connectivity index (χ3n) is 4.82. The van der Waals surface area contributed by atoms with E-state index < -0.39 is 46.2 Å². The lowest BCUT2D eigenvalue weighted by Gasteiger charge is -2.21. The number of fused-ring (bicyclic) bond motifs is 1. The first-order valence-corrected chi connectivity index (χ1v) is 7.22. The smallest absolute Gasteiger partial charge is 0.338 e. The maximum atomic E-state index is 12.3. The Morgan fingerprint density at radius 3 is 2.21 bits per heavy atom. The van der Waals surface area contributed by atoms with Gasteiger partial charge in [-0.1, -0.05) is 0 Å². The van der Waals surface area contributed by atoms with Crippen LogP contribution in [0.4, 0.5) is 5.69 Å². The van der Waals surface area contributed by atoms with Gasteiger partial charge in [0.1, 0.15) is 11.5 Å². The molecule has 24 heavy (non-hydrogen) atoms. The lowest BCUT2D eigenvalue weighted by atomic mass is 9.97. The van der Waals surface area contributed by atoms with Crippen molar-refractivity contribution in [2.24, 2.45) is 17.8 Å². The van der Waals surface area contributed by atoms with E-state index in [4.69, 9.17) is 4.74 Å². The van der Waals surface area contributed by atoms with Crippen molar-refractivity contribution in [2.75, 3.05) is 0 Å². The first kappa shape index (κ1) is 15.9. The third kappa shape index (κ3) is 2.20. The van der Waals surface area contributed by atoms with E-state index in [1.807, 2.05) is 0 Å². The molecular formula is C15H13NO8. The highest BCUT2D eigenvalue weighted by Crippen LogP contribution is 2.66.